The Hall–Kier alpha value is -2.78. The minimum Gasteiger partial charge on any atom is -0.266 e. The predicted molar refractivity (Wildman–Crippen MR) is 137 cm³/mol. The zero-order chi connectivity index (χ0) is 22.6. The fourth-order valence-corrected chi connectivity index (χ4v) is 4.93. The second-order valence-electron chi connectivity index (χ2n) is 7.40. The van der Waals surface area contributed by atoms with E-state index in [-0.39, 0.29) is 0 Å². The van der Waals surface area contributed by atoms with Gasteiger partial charge in [0, 0.05) is 15.2 Å². The molecule has 0 unspecified atom stereocenters. The Bertz CT molecular complexity index is 1260. The number of rotatable bonds is 7. The molecular formula is C24H20BrClN6S. The number of aromatic nitrogens is 2. The third kappa shape index (κ3) is 5.09. The lowest BCUT2D eigenvalue weighted by molar-refractivity contribution is 0.288. The fourth-order valence-electron chi connectivity index (χ4n) is 3.47. The number of hydrogen-bond acceptors (Lipinski definition) is 6. The summed E-state index contributed by atoms with van der Waals surface area (Å²) in [7, 11) is 0. The molecule has 2 heterocycles. The fraction of sp³-hybridized carbons (Fsp3) is 0.0833. The van der Waals surface area contributed by atoms with Crippen LogP contribution in [0.5, 0.6) is 0 Å². The van der Waals surface area contributed by atoms with Gasteiger partial charge in [-0.05, 0) is 47.5 Å². The molecule has 0 amide bonds. The molecular weight excluding hydrogens is 520 g/mol. The second kappa shape index (κ2) is 10.0. The third-order valence-electron chi connectivity index (χ3n) is 5.11. The van der Waals surface area contributed by atoms with Crippen molar-refractivity contribution >= 4 is 45.1 Å². The zero-order valence-corrected chi connectivity index (χ0v) is 20.6. The van der Waals surface area contributed by atoms with Gasteiger partial charge >= 0.3 is 0 Å². The summed E-state index contributed by atoms with van der Waals surface area (Å²) in [4.78, 5) is 0. The Morgan fingerprint density at radius 2 is 1.67 bits per heavy atom. The molecule has 0 spiro atoms. The van der Waals surface area contributed by atoms with Gasteiger partial charge in [0.1, 0.15) is 5.03 Å². The van der Waals surface area contributed by atoms with Crippen LogP contribution in [0.1, 0.15) is 16.7 Å². The predicted octanol–water partition coefficient (Wildman–Crippen LogP) is 5.77. The van der Waals surface area contributed by atoms with Crippen molar-refractivity contribution in [2.75, 3.05) is 0 Å². The number of hydrogen-bond donors (Lipinski definition) is 2. The highest BCUT2D eigenvalue weighted by Gasteiger charge is 2.25. The highest BCUT2D eigenvalue weighted by molar-refractivity contribution is 9.10. The van der Waals surface area contributed by atoms with Crippen molar-refractivity contribution < 1.29 is 0 Å². The summed E-state index contributed by atoms with van der Waals surface area (Å²) in [6.45, 7) is 0.647. The molecule has 5 rings (SSSR count). The van der Waals surface area contributed by atoms with E-state index in [1.54, 1.807) is 11.8 Å². The minimum absolute atomic E-state index is 0.647. The van der Waals surface area contributed by atoms with Crippen LogP contribution in [0.15, 0.2) is 99.7 Å². The third-order valence-corrected chi connectivity index (χ3v) is 7.04. The first-order valence-electron chi connectivity index (χ1n) is 10.3. The Kier molecular flexibility index (Phi) is 6.68. The molecule has 9 heteroatoms. The van der Waals surface area contributed by atoms with Crippen molar-refractivity contribution in [2.24, 2.45) is 5.10 Å². The van der Waals surface area contributed by atoms with Gasteiger partial charge in [0.15, 0.2) is 5.84 Å². The van der Waals surface area contributed by atoms with Gasteiger partial charge in [0.05, 0.1) is 24.0 Å². The van der Waals surface area contributed by atoms with E-state index in [1.165, 1.54) is 5.56 Å². The quantitative estimate of drug-likeness (QED) is 0.292. The number of thioether (sulfide) groups is 1. The van der Waals surface area contributed by atoms with E-state index in [2.05, 4.69) is 68.5 Å². The van der Waals surface area contributed by atoms with Crippen LogP contribution < -0.4 is 11.1 Å². The van der Waals surface area contributed by atoms with Gasteiger partial charge in [-0.3, -0.25) is 5.01 Å². The maximum atomic E-state index is 6.11. The highest BCUT2D eigenvalue weighted by Crippen LogP contribution is 2.31. The van der Waals surface area contributed by atoms with E-state index in [0.717, 1.165) is 37.9 Å². The average molecular weight is 540 g/mol. The highest BCUT2D eigenvalue weighted by atomic mass is 79.9. The molecule has 1 aliphatic heterocycles. The SMILES string of the molecule is Clc1ccc(-n2ncc(C3=NNNN3Cc3ccc(Br)cc3)c2SCc2ccccc2)cc1. The summed E-state index contributed by atoms with van der Waals surface area (Å²) >= 11 is 11.3. The molecule has 0 atom stereocenters. The topological polar surface area (TPSA) is 57.5 Å². The lowest BCUT2D eigenvalue weighted by atomic mass is 10.2. The van der Waals surface area contributed by atoms with Crippen LogP contribution in [0, 0.1) is 0 Å². The number of hydrazine groups is 2. The molecule has 166 valence electrons. The molecule has 33 heavy (non-hydrogen) atoms. The van der Waals surface area contributed by atoms with Gasteiger partial charge in [0.25, 0.3) is 0 Å². The molecule has 1 aromatic heterocycles. The van der Waals surface area contributed by atoms with E-state index in [0.29, 0.717) is 11.6 Å². The monoisotopic (exact) mass is 538 g/mol. The van der Waals surface area contributed by atoms with Crippen LogP contribution in [0.25, 0.3) is 5.69 Å². The zero-order valence-electron chi connectivity index (χ0n) is 17.5. The first-order chi connectivity index (χ1) is 16.2. The number of halogens is 2. The van der Waals surface area contributed by atoms with Gasteiger partial charge in [0.2, 0.25) is 0 Å². The molecule has 2 N–H and O–H groups in total. The van der Waals surface area contributed by atoms with Crippen molar-refractivity contribution in [3.63, 3.8) is 0 Å². The van der Waals surface area contributed by atoms with Crippen LogP contribution in [0.2, 0.25) is 5.02 Å². The minimum atomic E-state index is 0.647. The van der Waals surface area contributed by atoms with Gasteiger partial charge in [-0.25, -0.2) is 10.2 Å². The van der Waals surface area contributed by atoms with E-state index in [4.69, 9.17) is 16.7 Å². The molecule has 6 nitrogen and oxygen atoms in total. The van der Waals surface area contributed by atoms with Crippen molar-refractivity contribution in [1.29, 1.82) is 0 Å². The second-order valence-corrected chi connectivity index (χ2v) is 9.71. The molecule has 0 fully saturated rings. The molecule has 1 aliphatic rings. The Labute approximate surface area is 209 Å². The Morgan fingerprint density at radius 3 is 2.42 bits per heavy atom. The standard InChI is InChI=1S/C24H20BrClN6S/c25-19-8-6-17(7-9-19)15-31-23(28-29-30-31)22-14-27-32(21-12-10-20(26)11-13-21)24(22)33-16-18-4-2-1-3-5-18/h1-14,29-30H,15-16H2. The van der Waals surface area contributed by atoms with Crippen LogP contribution in [-0.4, -0.2) is 20.6 Å². The summed E-state index contributed by atoms with van der Waals surface area (Å²) in [5.74, 6) is 1.60. The normalized spacial score (nSPS) is 13.2. The Balaban J connectivity index is 1.47. The van der Waals surface area contributed by atoms with Gasteiger partial charge < -0.3 is 0 Å². The lowest BCUT2D eigenvalue weighted by Gasteiger charge is -2.19. The summed E-state index contributed by atoms with van der Waals surface area (Å²) in [6.07, 6.45) is 1.87. The molecule has 4 aromatic rings. The van der Waals surface area contributed by atoms with E-state index in [9.17, 15) is 0 Å². The number of nitrogens with one attached hydrogen (secondary N) is 2. The number of nitrogens with zero attached hydrogens (tertiary/aromatic N) is 4. The van der Waals surface area contributed by atoms with Crippen LogP contribution in [0.3, 0.4) is 0 Å². The number of benzene rings is 3. The van der Waals surface area contributed by atoms with Crippen LogP contribution in [-0.2, 0) is 12.3 Å². The molecule has 0 saturated heterocycles. The van der Waals surface area contributed by atoms with Crippen LogP contribution >= 0.6 is 39.3 Å². The molecule has 3 aromatic carbocycles. The lowest BCUT2D eigenvalue weighted by Crippen LogP contribution is -2.40. The smallest absolute Gasteiger partial charge is 0.177 e. The maximum Gasteiger partial charge on any atom is 0.177 e. The number of amidine groups is 1. The first kappa shape index (κ1) is 22.0. The molecule has 0 radical (unpaired) electrons. The van der Waals surface area contributed by atoms with Crippen LogP contribution in [0.4, 0.5) is 0 Å². The van der Waals surface area contributed by atoms with E-state index < -0.39 is 0 Å². The van der Waals surface area contributed by atoms with Crippen molar-refractivity contribution in [1.82, 2.24) is 25.9 Å². The summed E-state index contributed by atoms with van der Waals surface area (Å²) in [5, 5.41) is 12.9. The summed E-state index contributed by atoms with van der Waals surface area (Å²) < 4.78 is 2.99. The largest absolute Gasteiger partial charge is 0.266 e. The molecule has 0 bridgehead atoms. The molecule has 0 aliphatic carbocycles. The summed E-state index contributed by atoms with van der Waals surface area (Å²) in [5.41, 5.74) is 10.3. The van der Waals surface area contributed by atoms with E-state index >= 15 is 0 Å². The Morgan fingerprint density at radius 1 is 0.909 bits per heavy atom. The van der Waals surface area contributed by atoms with Crippen molar-refractivity contribution in [3.05, 3.63) is 111 Å². The van der Waals surface area contributed by atoms with Gasteiger partial charge in [-0.15, -0.1) is 22.4 Å². The van der Waals surface area contributed by atoms with Crippen molar-refractivity contribution in [2.45, 2.75) is 17.3 Å². The number of hydrazone groups is 1. The average Bonchev–Trinajstić information content (AvgIpc) is 3.47. The maximum absolute atomic E-state index is 6.11. The van der Waals surface area contributed by atoms with E-state index in [1.807, 2.05) is 58.4 Å². The first-order valence-corrected chi connectivity index (χ1v) is 12.4. The van der Waals surface area contributed by atoms with Crippen molar-refractivity contribution in [3.8, 4) is 5.69 Å². The summed E-state index contributed by atoms with van der Waals surface area (Å²) in [6, 6.07) is 26.3. The van der Waals surface area contributed by atoms with Gasteiger partial charge in [-0.2, -0.15) is 5.10 Å². The van der Waals surface area contributed by atoms with Gasteiger partial charge in [-0.1, -0.05) is 70.0 Å². The molecule has 0 saturated carbocycles.